The van der Waals surface area contributed by atoms with E-state index in [1.165, 1.54) is 22.3 Å². The van der Waals surface area contributed by atoms with Gasteiger partial charge in [-0.1, -0.05) is 60.5 Å². The summed E-state index contributed by atoms with van der Waals surface area (Å²) in [7, 11) is -0.536. The van der Waals surface area contributed by atoms with Gasteiger partial charge in [0.25, 0.3) is 0 Å². The van der Waals surface area contributed by atoms with Crippen molar-refractivity contribution in [2.75, 3.05) is 6.61 Å². The first-order valence-electron chi connectivity index (χ1n) is 12.7. The number of fused-ring (bicyclic) bond motifs is 3. The molecule has 5 nitrogen and oxygen atoms in total. The molecular formula is C31H32BNO4. The summed E-state index contributed by atoms with van der Waals surface area (Å²) in [4.78, 5) is 12.8. The topological polar surface area (TPSA) is 56.8 Å². The summed E-state index contributed by atoms with van der Waals surface area (Å²) in [5.41, 5.74) is 7.25. The van der Waals surface area contributed by atoms with Crippen LogP contribution in [0.3, 0.4) is 0 Å². The highest BCUT2D eigenvalue weighted by atomic mass is 16.7. The lowest BCUT2D eigenvalue weighted by Gasteiger charge is -2.32. The Hall–Kier alpha value is -3.53. The minimum absolute atomic E-state index is 0.0135. The minimum Gasteiger partial charge on any atom is -0.449 e. The predicted octanol–water partition coefficient (Wildman–Crippen LogP) is 5.31. The van der Waals surface area contributed by atoms with E-state index in [-0.39, 0.29) is 19.1 Å². The molecule has 0 radical (unpaired) electrons. The molecule has 1 N–H and O–H groups in total. The highest BCUT2D eigenvalue weighted by Gasteiger charge is 2.51. The molecule has 1 heterocycles. The van der Waals surface area contributed by atoms with E-state index < -0.39 is 24.4 Å². The van der Waals surface area contributed by atoms with E-state index in [1.54, 1.807) is 0 Å². The van der Waals surface area contributed by atoms with Gasteiger partial charge < -0.3 is 19.4 Å². The first kappa shape index (κ1) is 25.1. The summed E-state index contributed by atoms with van der Waals surface area (Å²) in [6.07, 6.45) is 5.33. The molecule has 0 aromatic heterocycles. The number of amides is 1. The molecule has 0 unspecified atom stereocenters. The van der Waals surface area contributed by atoms with Gasteiger partial charge >= 0.3 is 13.2 Å². The van der Waals surface area contributed by atoms with Crippen molar-refractivity contribution in [3.8, 4) is 23.5 Å². The van der Waals surface area contributed by atoms with Gasteiger partial charge in [-0.05, 0) is 79.5 Å². The fourth-order valence-corrected chi connectivity index (χ4v) is 5.06. The highest BCUT2D eigenvalue weighted by Crippen LogP contribution is 2.44. The number of terminal acetylenes is 1. The molecule has 0 atom stereocenters. The number of alkyl carbamates (subject to hydrolysis) is 1. The van der Waals surface area contributed by atoms with Crippen molar-refractivity contribution in [3.05, 3.63) is 88.5 Å². The zero-order valence-corrected chi connectivity index (χ0v) is 22.1. The van der Waals surface area contributed by atoms with Crippen molar-refractivity contribution >= 4 is 18.7 Å². The number of nitrogens with one attached hydrogen (secondary N) is 1. The van der Waals surface area contributed by atoms with Crippen LogP contribution < -0.4 is 10.8 Å². The molecule has 0 bridgehead atoms. The monoisotopic (exact) mass is 493 g/mol. The molecule has 1 fully saturated rings. The number of ether oxygens (including phenoxy) is 1. The molecular weight excluding hydrogens is 461 g/mol. The van der Waals surface area contributed by atoms with Gasteiger partial charge in [-0.3, -0.25) is 0 Å². The number of hydrogen-bond acceptors (Lipinski definition) is 4. The molecule has 3 aromatic rings. The lowest BCUT2D eigenvalue weighted by Crippen LogP contribution is -2.41. The second-order valence-electron chi connectivity index (χ2n) is 10.8. The van der Waals surface area contributed by atoms with Crippen LogP contribution in [0.5, 0.6) is 0 Å². The molecule has 188 valence electrons. The van der Waals surface area contributed by atoms with Gasteiger partial charge in [0.05, 0.1) is 11.2 Å². The van der Waals surface area contributed by atoms with Gasteiger partial charge in [0, 0.05) is 18.0 Å². The quantitative estimate of drug-likeness (QED) is 0.387. The molecule has 1 saturated heterocycles. The summed E-state index contributed by atoms with van der Waals surface area (Å²) in [5, 5.41) is 2.90. The van der Waals surface area contributed by atoms with Crippen LogP contribution in [0, 0.1) is 19.3 Å². The van der Waals surface area contributed by atoms with E-state index >= 15 is 0 Å². The maximum atomic E-state index is 12.8. The summed E-state index contributed by atoms with van der Waals surface area (Å²) in [5.74, 6) is 2.77. The Bertz CT molecular complexity index is 1340. The van der Waals surface area contributed by atoms with Gasteiger partial charge in [-0.2, -0.15) is 0 Å². The first-order valence-corrected chi connectivity index (χ1v) is 12.7. The minimum atomic E-state index is -0.536. The average Bonchev–Trinajstić information content (AvgIpc) is 3.31. The second-order valence-corrected chi connectivity index (χ2v) is 10.8. The third kappa shape index (κ3) is 4.54. The Kier molecular flexibility index (Phi) is 6.39. The van der Waals surface area contributed by atoms with Gasteiger partial charge in [0.1, 0.15) is 6.61 Å². The lowest BCUT2D eigenvalue weighted by molar-refractivity contribution is 0.00578. The number of benzene rings is 3. The lowest BCUT2D eigenvalue weighted by atomic mass is 9.76. The van der Waals surface area contributed by atoms with E-state index in [1.807, 2.05) is 71.0 Å². The Labute approximate surface area is 219 Å². The van der Waals surface area contributed by atoms with Crippen LogP contribution in [0.2, 0.25) is 0 Å². The normalized spacial score (nSPS) is 17.1. The second kappa shape index (κ2) is 9.41. The Morgan fingerprint density at radius 1 is 1.00 bits per heavy atom. The van der Waals surface area contributed by atoms with Gasteiger partial charge in [-0.15, -0.1) is 6.42 Å². The molecule has 0 saturated carbocycles. The smallest absolute Gasteiger partial charge is 0.449 e. The van der Waals surface area contributed by atoms with Crippen LogP contribution in [0.1, 0.15) is 61.4 Å². The van der Waals surface area contributed by atoms with Crippen molar-refractivity contribution in [3.63, 3.8) is 0 Å². The third-order valence-corrected chi connectivity index (χ3v) is 7.99. The van der Waals surface area contributed by atoms with E-state index in [2.05, 4.69) is 35.5 Å². The van der Waals surface area contributed by atoms with Crippen LogP contribution in [0.15, 0.2) is 60.7 Å². The van der Waals surface area contributed by atoms with Gasteiger partial charge in [0.15, 0.2) is 0 Å². The van der Waals surface area contributed by atoms with Crippen LogP contribution >= 0.6 is 0 Å². The Morgan fingerprint density at radius 2 is 1.57 bits per heavy atom. The molecule has 6 heteroatoms. The number of carbonyl (C=O) groups excluding carboxylic acids is 1. The molecule has 0 spiro atoms. The molecule has 5 rings (SSSR count). The molecule has 2 aliphatic rings. The van der Waals surface area contributed by atoms with E-state index in [0.717, 1.165) is 22.2 Å². The van der Waals surface area contributed by atoms with Crippen molar-refractivity contribution in [2.45, 2.75) is 58.3 Å². The zero-order valence-electron chi connectivity index (χ0n) is 22.1. The fraction of sp³-hybridized carbons (Fsp3) is 0.323. The largest absolute Gasteiger partial charge is 0.494 e. The molecule has 1 amide bonds. The predicted molar refractivity (Wildman–Crippen MR) is 147 cm³/mol. The van der Waals surface area contributed by atoms with Gasteiger partial charge in [-0.25, -0.2) is 4.79 Å². The third-order valence-electron chi connectivity index (χ3n) is 7.99. The standard InChI is InChI=1S/C31H32BNO4/c1-7-21-16-23(32-36-30(3,4)31(5,6)37-32)17-22(20(21)2)18-33-29(34)35-19-28-26-14-10-8-12-24(26)25-13-9-11-15-27(25)28/h1,8-17,28H,18-19H2,2-6H3,(H,33,34). The van der Waals surface area contributed by atoms with Gasteiger partial charge in [0.2, 0.25) is 0 Å². The Balaban J connectivity index is 1.28. The van der Waals surface area contributed by atoms with Crippen molar-refractivity contribution < 1.29 is 18.8 Å². The maximum Gasteiger partial charge on any atom is 0.494 e. The molecule has 1 aliphatic carbocycles. The first-order chi connectivity index (χ1) is 17.6. The molecule has 3 aromatic carbocycles. The average molecular weight is 493 g/mol. The van der Waals surface area contributed by atoms with Crippen LogP contribution in [-0.2, 0) is 20.6 Å². The van der Waals surface area contributed by atoms with Crippen molar-refractivity contribution in [1.82, 2.24) is 5.32 Å². The summed E-state index contributed by atoms with van der Waals surface area (Å²) >= 11 is 0. The summed E-state index contributed by atoms with van der Waals surface area (Å²) < 4.78 is 18.1. The SMILES string of the molecule is C#Cc1cc(B2OC(C)(C)C(C)(C)O2)cc(CNC(=O)OCC2c3ccccc3-c3ccccc32)c1C. The fourth-order valence-electron chi connectivity index (χ4n) is 5.06. The number of rotatable bonds is 5. The maximum absolute atomic E-state index is 12.8. The van der Waals surface area contributed by atoms with Crippen LogP contribution in [-0.4, -0.2) is 31.0 Å². The summed E-state index contributed by atoms with van der Waals surface area (Å²) in [6.45, 7) is 10.6. The van der Waals surface area contributed by atoms with E-state index in [9.17, 15) is 4.79 Å². The highest BCUT2D eigenvalue weighted by molar-refractivity contribution is 6.62. The van der Waals surface area contributed by atoms with Crippen molar-refractivity contribution in [2.24, 2.45) is 0 Å². The van der Waals surface area contributed by atoms with E-state index in [0.29, 0.717) is 0 Å². The van der Waals surface area contributed by atoms with Crippen LogP contribution in [0.25, 0.3) is 11.1 Å². The number of hydrogen-bond donors (Lipinski definition) is 1. The van der Waals surface area contributed by atoms with Crippen LogP contribution in [0.4, 0.5) is 4.79 Å². The number of carbonyl (C=O) groups is 1. The Morgan fingerprint density at radius 3 is 2.14 bits per heavy atom. The molecule has 1 aliphatic heterocycles. The summed E-state index contributed by atoms with van der Waals surface area (Å²) in [6, 6.07) is 20.5. The van der Waals surface area contributed by atoms with E-state index in [4.69, 9.17) is 20.5 Å². The molecule has 37 heavy (non-hydrogen) atoms. The van der Waals surface area contributed by atoms with Crippen molar-refractivity contribution in [1.29, 1.82) is 0 Å². The zero-order chi connectivity index (χ0) is 26.4.